The summed E-state index contributed by atoms with van der Waals surface area (Å²) in [6.45, 7) is 2.29. The van der Waals surface area contributed by atoms with E-state index in [1.54, 1.807) is 15.7 Å². The Bertz CT molecular complexity index is 763. The van der Waals surface area contributed by atoms with E-state index in [-0.39, 0.29) is 20.4 Å². The molecule has 1 aliphatic carbocycles. The van der Waals surface area contributed by atoms with E-state index in [4.69, 9.17) is 0 Å². The van der Waals surface area contributed by atoms with Crippen LogP contribution in [-0.4, -0.2) is 34.9 Å². The van der Waals surface area contributed by atoms with Gasteiger partial charge in [-0.3, -0.25) is 0 Å². The van der Waals surface area contributed by atoms with E-state index in [1.165, 1.54) is 16.3 Å². The van der Waals surface area contributed by atoms with E-state index in [9.17, 15) is 0 Å². The van der Waals surface area contributed by atoms with Crippen molar-refractivity contribution in [3.8, 4) is 0 Å². The Kier molecular flexibility index (Phi) is 2.68. The molecule has 18 heavy (non-hydrogen) atoms. The summed E-state index contributed by atoms with van der Waals surface area (Å²) in [5.74, 6) is 0. The third-order valence-electron chi connectivity index (χ3n) is 3.37. The second kappa shape index (κ2) is 4.26. The molecular weight excluding hydrogens is 399 g/mol. The molecule has 3 aromatic rings. The first-order valence-electron chi connectivity index (χ1n) is 6.09. The standard InChI is InChI=1S/C16H12SeTe/c1-10-6-13-8-15-12(9-16(13)18-10)7-14(17-15)11-4-2-3-5-11/h2-4,6-9H,5H2,1H3. The van der Waals surface area contributed by atoms with Crippen molar-refractivity contribution in [2.45, 2.75) is 13.3 Å². The minimum absolute atomic E-state index is 0.0444. The Balaban J connectivity index is 1.94. The Morgan fingerprint density at radius 2 is 2.06 bits per heavy atom. The van der Waals surface area contributed by atoms with Crippen LogP contribution in [0.5, 0.6) is 0 Å². The molecule has 0 radical (unpaired) electrons. The van der Waals surface area contributed by atoms with Crippen molar-refractivity contribution in [1.82, 2.24) is 0 Å². The van der Waals surface area contributed by atoms with Gasteiger partial charge in [0.25, 0.3) is 0 Å². The maximum absolute atomic E-state index is 2.47. The van der Waals surface area contributed by atoms with Gasteiger partial charge < -0.3 is 0 Å². The molecule has 88 valence electrons. The van der Waals surface area contributed by atoms with Gasteiger partial charge in [0, 0.05) is 0 Å². The molecule has 0 spiro atoms. The summed E-state index contributed by atoms with van der Waals surface area (Å²) in [7, 11) is 0. The van der Waals surface area contributed by atoms with E-state index in [0.29, 0.717) is 14.5 Å². The van der Waals surface area contributed by atoms with E-state index in [0.717, 1.165) is 6.42 Å². The molecule has 1 aromatic carbocycles. The molecule has 0 amide bonds. The van der Waals surface area contributed by atoms with Crippen molar-refractivity contribution in [1.29, 1.82) is 0 Å². The van der Waals surface area contributed by atoms with Crippen LogP contribution in [0.3, 0.4) is 0 Å². The molecule has 0 N–H and O–H groups in total. The summed E-state index contributed by atoms with van der Waals surface area (Å²) in [5, 5.41) is 3.02. The zero-order valence-electron chi connectivity index (χ0n) is 10.1. The summed E-state index contributed by atoms with van der Waals surface area (Å²) < 4.78 is 6.44. The topological polar surface area (TPSA) is 0 Å². The predicted molar refractivity (Wildman–Crippen MR) is 81.8 cm³/mol. The first-order chi connectivity index (χ1) is 8.79. The van der Waals surface area contributed by atoms with E-state index in [2.05, 4.69) is 49.4 Å². The van der Waals surface area contributed by atoms with Crippen LogP contribution in [0.4, 0.5) is 0 Å². The molecule has 0 aliphatic heterocycles. The summed E-state index contributed by atoms with van der Waals surface area (Å²) >= 11 is 0.477. The number of aryl methyl sites for hydroxylation is 1. The summed E-state index contributed by atoms with van der Waals surface area (Å²) in [6.07, 6.45) is 7.86. The van der Waals surface area contributed by atoms with Crippen molar-refractivity contribution < 1.29 is 0 Å². The van der Waals surface area contributed by atoms with Gasteiger partial charge >= 0.3 is 123 Å². The fraction of sp³-hybridized carbons (Fsp3) is 0.125. The molecule has 0 saturated heterocycles. The number of fused-ring (bicyclic) bond motifs is 2. The molecule has 0 atom stereocenters. The fourth-order valence-electron chi connectivity index (χ4n) is 2.49. The van der Waals surface area contributed by atoms with Crippen LogP contribution in [0.15, 0.2) is 42.5 Å². The van der Waals surface area contributed by atoms with Crippen LogP contribution < -0.4 is 0 Å². The van der Waals surface area contributed by atoms with Crippen molar-refractivity contribution >= 4 is 58.9 Å². The van der Waals surface area contributed by atoms with Crippen molar-refractivity contribution in [2.24, 2.45) is 0 Å². The fourth-order valence-corrected chi connectivity index (χ4v) is 7.58. The van der Waals surface area contributed by atoms with Gasteiger partial charge in [0.15, 0.2) is 0 Å². The number of benzene rings is 1. The molecule has 0 unspecified atom stereocenters. The molecule has 0 nitrogen and oxygen atoms in total. The number of hydrogen-bond donors (Lipinski definition) is 0. The molecule has 0 saturated carbocycles. The third-order valence-corrected chi connectivity index (χ3v) is 8.72. The molecular formula is C16H12SeTe. The maximum atomic E-state index is 2.47. The van der Waals surface area contributed by atoms with Crippen molar-refractivity contribution in [2.75, 3.05) is 0 Å². The minimum atomic E-state index is -0.0444. The monoisotopic (exact) mass is 414 g/mol. The first kappa shape index (κ1) is 11.3. The van der Waals surface area contributed by atoms with Crippen LogP contribution in [-0.2, 0) is 0 Å². The second-order valence-electron chi connectivity index (χ2n) is 4.72. The van der Waals surface area contributed by atoms with Crippen LogP contribution >= 0.6 is 0 Å². The van der Waals surface area contributed by atoms with Gasteiger partial charge in [0.2, 0.25) is 0 Å². The average molecular weight is 411 g/mol. The molecule has 1 aliphatic rings. The summed E-state index contributed by atoms with van der Waals surface area (Å²) in [4.78, 5) is 0. The number of rotatable bonds is 1. The molecule has 0 fully saturated rings. The van der Waals surface area contributed by atoms with Gasteiger partial charge in [0.1, 0.15) is 0 Å². The molecule has 2 heterocycles. The Labute approximate surface area is 122 Å². The summed E-state index contributed by atoms with van der Waals surface area (Å²) in [6, 6.07) is 9.77. The van der Waals surface area contributed by atoms with Crippen LogP contribution in [0.2, 0.25) is 0 Å². The van der Waals surface area contributed by atoms with Crippen molar-refractivity contribution in [3.05, 3.63) is 50.5 Å². The van der Waals surface area contributed by atoms with Crippen LogP contribution in [0.1, 0.15) is 14.4 Å². The van der Waals surface area contributed by atoms with Crippen LogP contribution in [0.25, 0.3) is 24.0 Å². The van der Waals surface area contributed by atoms with Crippen molar-refractivity contribution in [3.63, 3.8) is 0 Å². The Morgan fingerprint density at radius 1 is 1.11 bits per heavy atom. The number of hydrogen-bond acceptors (Lipinski definition) is 0. The van der Waals surface area contributed by atoms with Gasteiger partial charge in [-0.2, -0.15) is 0 Å². The molecule has 2 aromatic heterocycles. The van der Waals surface area contributed by atoms with Gasteiger partial charge in [-0.1, -0.05) is 0 Å². The average Bonchev–Trinajstić information content (AvgIpc) is 3.02. The van der Waals surface area contributed by atoms with E-state index in [1.807, 2.05) is 0 Å². The molecule has 2 heteroatoms. The van der Waals surface area contributed by atoms with Gasteiger partial charge in [-0.25, -0.2) is 0 Å². The molecule has 0 bridgehead atoms. The zero-order valence-corrected chi connectivity index (χ0v) is 14.1. The van der Waals surface area contributed by atoms with Gasteiger partial charge in [-0.15, -0.1) is 0 Å². The van der Waals surface area contributed by atoms with Crippen LogP contribution in [0, 0.1) is 6.92 Å². The second-order valence-corrected chi connectivity index (χ2v) is 10.7. The Morgan fingerprint density at radius 3 is 2.89 bits per heavy atom. The number of allylic oxidation sites excluding steroid dienone is 4. The summed E-state index contributed by atoms with van der Waals surface area (Å²) in [5.41, 5.74) is 1.54. The zero-order chi connectivity index (χ0) is 12.1. The quantitative estimate of drug-likeness (QED) is 0.536. The molecule has 4 rings (SSSR count). The Hall–Kier alpha value is -0.511. The first-order valence-corrected chi connectivity index (χ1v) is 10.1. The van der Waals surface area contributed by atoms with Gasteiger partial charge in [0.05, 0.1) is 0 Å². The van der Waals surface area contributed by atoms with E-state index >= 15 is 0 Å². The predicted octanol–water partition coefficient (Wildman–Crippen LogP) is 3.76. The normalized spacial score (nSPS) is 14.8. The van der Waals surface area contributed by atoms with Gasteiger partial charge in [-0.05, 0) is 0 Å². The third kappa shape index (κ3) is 1.80. The SMILES string of the molecule is Cc1cc2cc3[se]c(C4=CC=CC4)cc3cc2[te]1. The van der Waals surface area contributed by atoms with E-state index < -0.39 is 0 Å².